The van der Waals surface area contributed by atoms with E-state index in [1.807, 2.05) is 26.8 Å². The van der Waals surface area contributed by atoms with Gasteiger partial charge in [-0.05, 0) is 11.8 Å². The lowest BCUT2D eigenvalue weighted by molar-refractivity contribution is -0.432. The van der Waals surface area contributed by atoms with E-state index in [1.165, 1.54) is 6.08 Å². The maximum absolute atomic E-state index is 10.6. The summed E-state index contributed by atoms with van der Waals surface area (Å²) in [4.78, 5) is 10.2. The summed E-state index contributed by atoms with van der Waals surface area (Å²) in [5.41, 5.74) is 1.05. The molecule has 0 saturated heterocycles. The average molecular weight is 206 g/mol. The van der Waals surface area contributed by atoms with E-state index in [0.29, 0.717) is 6.42 Å². The lowest BCUT2D eigenvalue weighted by atomic mass is 9.78. The van der Waals surface area contributed by atoms with Crippen molar-refractivity contribution in [1.82, 2.24) is 0 Å². The first-order chi connectivity index (χ1) is 6.86. The van der Waals surface area contributed by atoms with Crippen molar-refractivity contribution in [2.45, 2.75) is 27.2 Å². The van der Waals surface area contributed by atoms with E-state index in [2.05, 4.69) is 0 Å². The van der Waals surface area contributed by atoms with Crippen molar-refractivity contribution in [2.24, 2.45) is 11.3 Å². The van der Waals surface area contributed by atoms with Gasteiger partial charge in [0.05, 0.1) is 11.0 Å². The zero-order chi connectivity index (χ0) is 11.6. The van der Waals surface area contributed by atoms with Crippen molar-refractivity contribution in [1.29, 1.82) is 5.26 Å². The molecule has 1 unspecified atom stereocenters. The Kier molecular flexibility index (Phi) is 2.94. The highest BCUT2D eigenvalue weighted by atomic mass is 16.6. The Balaban J connectivity index is 3.05. The summed E-state index contributed by atoms with van der Waals surface area (Å²) < 4.78 is 0. The summed E-state index contributed by atoms with van der Waals surface area (Å²) in [7, 11) is 0. The van der Waals surface area contributed by atoms with Crippen LogP contribution in [0.1, 0.15) is 27.2 Å². The van der Waals surface area contributed by atoms with Gasteiger partial charge >= 0.3 is 0 Å². The van der Waals surface area contributed by atoms with Gasteiger partial charge in [0.1, 0.15) is 5.92 Å². The van der Waals surface area contributed by atoms with Crippen molar-refractivity contribution in [3.05, 3.63) is 33.5 Å². The predicted molar refractivity (Wildman–Crippen MR) is 56.3 cm³/mol. The molecule has 80 valence electrons. The summed E-state index contributed by atoms with van der Waals surface area (Å²) in [6.07, 6.45) is 3.69. The Morgan fingerprint density at radius 1 is 1.53 bits per heavy atom. The number of allylic oxidation sites excluding steroid dienone is 4. The molecule has 15 heavy (non-hydrogen) atoms. The molecule has 0 fully saturated rings. The summed E-state index contributed by atoms with van der Waals surface area (Å²) in [6, 6.07) is 1.99. The van der Waals surface area contributed by atoms with Crippen LogP contribution < -0.4 is 0 Å². The van der Waals surface area contributed by atoms with Crippen LogP contribution in [0.2, 0.25) is 0 Å². The minimum atomic E-state index is -0.612. The van der Waals surface area contributed by atoms with Gasteiger partial charge in [0, 0.05) is 6.08 Å². The maximum atomic E-state index is 10.6. The fourth-order valence-electron chi connectivity index (χ4n) is 1.55. The average Bonchev–Trinajstić information content (AvgIpc) is 2.15. The molecule has 0 N–H and O–H groups in total. The van der Waals surface area contributed by atoms with E-state index < -0.39 is 10.8 Å². The van der Waals surface area contributed by atoms with Crippen LogP contribution in [0.4, 0.5) is 0 Å². The molecule has 0 aromatic carbocycles. The van der Waals surface area contributed by atoms with Gasteiger partial charge in [0.15, 0.2) is 0 Å². The molecule has 0 aromatic rings. The molecule has 0 saturated carbocycles. The first-order valence-corrected chi connectivity index (χ1v) is 4.81. The highest BCUT2D eigenvalue weighted by Gasteiger charge is 2.31. The molecule has 0 radical (unpaired) electrons. The van der Waals surface area contributed by atoms with Gasteiger partial charge in [0.2, 0.25) is 0 Å². The summed E-state index contributed by atoms with van der Waals surface area (Å²) in [5, 5.41) is 19.5. The van der Waals surface area contributed by atoms with Crippen LogP contribution >= 0.6 is 0 Å². The molecular weight excluding hydrogens is 192 g/mol. The molecule has 0 aliphatic heterocycles. The van der Waals surface area contributed by atoms with Gasteiger partial charge in [0.25, 0.3) is 5.70 Å². The number of hydrogen-bond donors (Lipinski definition) is 0. The second kappa shape index (κ2) is 3.85. The lowest BCUT2D eigenvalue weighted by Gasteiger charge is -2.25. The summed E-state index contributed by atoms with van der Waals surface area (Å²) in [6.45, 7) is 6.12. The Morgan fingerprint density at radius 3 is 2.53 bits per heavy atom. The van der Waals surface area contributed by atoms with Crippen LogP contribution in [0, 0.1) is 32.8 Å². The molecule has 0 bridgehead atoms. The molecule has 0 spiro atoms. The summed E-state index contributed by atoms with van der Waals surface area (Å²) >= 11 is 0. The number of rotatable bonds is 1. The molecule has 0 heterocycles. The third kappa shape index (κ3) is 2.44. The first kappa shape index (κ1) is 11.4. The topological polar surface area (TPSA) is 66.9 Å². The maximum Gasteiger partial charge on any atom is 0.263 e. The SMILES string of the molecule is CC(C)(C)C1=CC=C([N+](=O)[O-])C(C#N)C1. The first-order valence-electron chi connectivity index (χ1n) is 4.81. The minimum Gasteiger partial charge on any atom is -0.259 e. The van der Waals surface area contributed by atoms with E-state index in [0.717, 1.165) is 5.57 Å². The molecule has 1 aliphatic carbocycles. The van der Waals surface area contributed by atoms with E-state index in [4.69, 9.17) is 5.26 Å². The molecule has 4 heteroatoms. The van der Waals surface area contributed by atoms with Crippen molar-refractivity contribution in [3.8, 4) is 6.07 Å². The van der Waals surface area contributed by atoms with E-state index in [9.17, 15) is 10.1 Å². The van der Waals surface area contributed by atoms with E-state index in [-0.39, 0.29) is 11.1 Å². The highest BCUT2D eigenvalue weighted by molar-refractivity contribution is 5.29. The van der Waals surface area contributed by atoms with Crippen LogP contribution in [-0.2, 0) is 0 Å². The van der Waals surface area contributed by atoms with Gasteiger partial charge in [-0.25, -0.2) is 0 Å². The number of nitrogens with zero attached hydrogens (tertiary/aromatic N) is 2. The van der Waals surface area contributed by atoms with Crippen molar-refractivity contribution in [3.63, 3.8) is 0 Å². The van der Waals surface area contributed by atoms with Gasteiger partial charge in [-0.1, -0.05) is 32.4 Å². The molecular formula is C11H14N2O2. The molecule has 1 rings (SSSR count). The Bertz CT molecular complexity index is 380. The quantitative estimate of drug-likeness (QED) is 0.489. The van der Waals surface area contributed by atoms with Crippen LogP contribution in [0.3, 0.4) is 0 Å². The largest absolute Gasteiger partial charge is 0.263 e. The lowest BCUT2D eigenvalue weighted by Crippen LogP contribution is -2.19. The van der Waals surface area contributed by atoms with Gasteiger partial charge < -0.3 is 0 Å². The normalized spacial score (nSPS) is 21.3. The van der Waals surface area contributed by atoms with Crippen molar-refractivity contribution < 1.29 is 4.92 Å². The van der Waals surface area contributed by atoms with Crippen molar-refractivity contribution in [2.75, 3.05) is 0 Å². The summed E-state index contributed by atoms with van der Waals surface area (Å²) in [5.74, 6) is -0.612. The second-order valence-corrected chi connectivity index (χ2v) is 4.68. The fraction of sp³-hybridized carbons (Fsp3) is 0.545. The fourth-order valence-corrected chi connectivity index (χ4v) is 1.55. The monoisotopic (exact) mass is 206 g/mol. The van der Waals surface area contributed by atoms with Gasteiger partial charge in [-0.15, -0.1) is 0 Å². The molecule has 0 amide bonds. The molecule has 1 atom stereocenters. The third-order valence-electron chi connectivity index (χ3n) is 2.57. The molecule has 0 aromatic heterocycles. The van der Waals surface area contributed by atoms with Gasteiger partial charge in [-0.2, -0.15) is 5.26 Å². The van der Waals surface area contributed by atoms with Crippen LogP contribution in [0.15, 0.2) is 23.4 Å². The minimum absolute atomic E-state index is 0.00509. The molecule has 1 aliphatic rings. The Morgan fingerprint density at radius 2 is 2.13 bits per heavy atom. The number of nitro groups is 1. The smallest absolute Gasteiger partial charge is 0.259 e. The zero-order valence-corrected chi connectivity index (χ0v) is 9.15. The van der Waals surface area contributed by atoms with Crippen LogP contribution in [0.5, 0.6) is 0 Å². The van der Waals surface area contributed by atoms with Gasteiger partial charge in [-0.3, -0.25) is 10.1 Å². The van der Waals surface area contributed by atoms with Crippen LogP contribution in [-0.4, -0.2) is 4.92 Å². The zero-order valence-electron chi connectivity index (χ0n) is 9.15. The molecule has 4 nitrogen and oxygen atoms in total. The van der Waals surface area contributed by atoms with E-state index in [1.54, 1.807) is 6.08 Å². The third-order valence-corrected chi connectivity index (χ3v) is 2.57. The second-order valence-electron chi connectivity index (χ2n) is 4.68. The van der Waals surface area contributed by atoms with E-state index >= 15 is 0 Å². The van der Waals surface area contributed by atoms with Crippen LogP contribution in [0.25, 0.3) is 0 Å². The Hall–Kier alpha value is -1.63. The van der Waals surface area contributed by atoms with Crippen molar-refractivity contribution >= 4 is 0 Å². The Labute approximate surface area is 89.0 Å². The highest BCUT2D eigenvalue weighted by Crippen LogP contribution is 2.35. The number of nitriles is 1. The predicted octanol–water partition coefficient (Wildman–Crippen LogP) is 2.66. The standard InChI is InChI=1S/C11H14N2O2/c1-11(2,3)9-4-5-10(13(14)15)8(6-9)7-12/h4-5,8H,6H2,1-3H3. The number of hydrogen-bond acceptors (Lipinski definition) is 3.